The summed E-state index contributed by atoms with van der Waals surface area (Å²) in [4.78, 5) is 8.43. The molecule has 0 aliphatic carbocycles. The van der Waals surface area contributed by atoms with Gasteiger partial charge in [0.25, 0.3) is 0 Å². The van der Waals surface area contributed by atoms with E-state index >= 15 is 0 Å². The minimum absolute atomic E-state index is 0.133. The molecular weight excluding hydrogens is 307 g/mol. The van der Waals surface area contributed by atoms with Gasteiger partial charge in [0.05, 0.1) is 12.6 Å². The van der Waals surface area contributed by atoms with Crippen molar-refractivity contribution in [1.82, 2.24) is 14.5 Å². The summed E-state index contributed by atoms with van der Waals surface area (Å²) in [6.45, 7) is 4.23. The average Bonchev–Trinajstić information content (AvgIpc) is 2.78. The van der Waals surface area contributed by atoms with Gasteiger partial charge in [-0.3, -0.25) is 0 Å². The third kappa shape index (κ3) is 2.62. The largest absolute Gasteiger partial charge is 0.479 e. The molecule has 0 amide bonds. The minimum Gasteiger partial charge on any atom is -0.479 e. The van der Waals surface area contributed by atoms with E-state index in [9.17, 15) is 13.2 Å². The zero-order chi connectivity index (χ0) is 16.8. The summed E-state index contributed by atoms with van der Waals surface area (Å²) in [6.07, 6.45) is -2.73. The van der Waals surface area contributed by atoms with Gasteiger partial charge in [0.1, 0.15) is 23.4 Å². The molecule has 4 nitrogen and oxygen atoms in total. The molecule has 7 heteroatoms. The first-order valence-electron chi connectivity index (χ1n) is 6.88. The van der Waals surface area contributed by atoms with E-state index in [-0.39, 0.29) is 11.4 Å². The van der Waals surface area contributed by atoms with Crippen LogP contribution in [0.15, 0.2) is 24.8 Å². The molecule has 0 N–H and O–H groups in total. The number of benzene rings is 1. The highest BCUT2D eigenvalue weighted by molar-refractivity contribution is 6.08. The van der Waals surface area contributed by atoms with Crippen molar-refractivity contribution < 1.29 is 17.9 Å². The number of aryl methyl sites for hydroxylation is 1. The summed E-state index contributed by atoms with van der Waals surface area (Å²) in [5.74, 6) is 0.567. The van der Waals surface area contributed by atoms with E-state index in [1.165, 1.54) is 7.11 Å². The predicted octanol–water partition coefficient (Wildman–Crippen LogP) is 4.11. The summed E-state index contributed by atoms with van der Waals surface area (Å²) in [7, 11) is 1.38. The number of ether oxygens (including phenoxy) is 1. The Kier molecular flexibility index (Phi) is 3.50. The molecule has 0 unspecified atom stereocenters. The molecule has 3 rings (SSSR count). The molecule has 0 saturated heterocycles. The van der Waals surface area contributed by atoms with Crippen LogP contribution in [0.3, 0.4) is 0 Å². The van der Waals surface area contributed by atoms with Gasteiger partial charge < -0.3 is 9.30 Å². The highest BCUT2D eigenvalue weighted by atomic mass is 19.4. The van der Waals surface area contributed by atoms with E-state index in [2.05, 4.69) is 16.5 Å². The Bertz CT molecular complexity index is 912. The number of fused-ring (bicyclic) bond motifs is 3. The van der Waals surface area contributed by atoms with Crippen LogP contribution >= 0.6 is 0 Å². The van der Waals surface area contributed by atoms with Crippen molar-refractivity contribution in [2.24, 2.45) is 0 Å². The van der Waals surface area contributed by atoms with Gasteiger partial charge in [0, 0.05) is 5.39 Å². The van der Waals surface area contributed by atoms with Crippen molar-refractivity contribution in [3.8, 4) is 5.88 Å². The molecule has 1 aromatic carbocycles. The third-order valence-electron chi connectivity index (χ3n) is 3.57. The van der Waals surface area contributed by atoms with Gasteiger partial charge in [-0.1, -0.05) is 18.7 Å². The monoisotopic (exact) mass is 321 g/mol. The number of methoxy groups -OCH3 is 1. The fourth-order valence-electron chi connectivity index (χ4n) is 2.68. The molecule has 0 aliphatic rings. The third-order valence-corrected chi connectivity index (χ3v) is 3.57. The summed E-state index contributed by atoms with van der Waals surface area (Å²) < 4.78 is 45.4. The SMILES string of the molecule is C=Cc1ccc2c(c1)c1nc(C)nc(OC)c1n2CC(F)(F)F. The van der Waals surface area contributed by atoms with Crippen molar-refractivity contribution in [3.63, 3.8) is 0 Å². The van der Waals surface area contributed by atoms with Gasteiger partial charge in [-0.05, 0) is 24.6 Å². The number of hydrogen-bond acceptors (Lipinski definition) is 3. The number of aromatic nitrogens is 3. The van der Waals surface area contributed by atoms with Gasteiger partial charge in [0.2, 0.25) is 5.88 Å². The lowest BCUT2D eigenvalue weighted by Gasteiger charge is -2.12. The standard InChI is InChI=1S/C16H14F3N3O/c1-4-10-5-6-12-11(7-10)13-14(22(12)8-16(17,18)19)15(23-3)21-9(2)20-13/h4-7H,1,8H2,2-3H3. The Balaban J connectivity index is 2.48. The van der Waals surface area contributed by atoms with Crippen molar-refractivity contribution in [2.45, 2.75) is 19.6 Å². The first-order valence-corrected chi connectivity index (χ1v) is 6.88. The first kappa shape index (κ1) is 15.3. The van der Waals surface area contributed by atoms with Gasteiger partial charge in [-0.15, -0.1) is 0 Å². The highest BCUT2D eigenvalue weighted by Crippen LogP contribution is 2.35. The lowest BCUT2D eigenvalue weighted by atomic mass is 10.1. The number of hydrogen-bond donors (Lipinski definition) is 0. The first-order chi connectivity index (χ1) is 10.8. The normalized spacial score (nSPS) is 12.0. The summed E-state index contributed by atoms with van der Waals surface area (Å²) in [6, 6.07) is 5.12. The topological polar surface area (TPSA) is 39.9 Å². The molecule has 0 spiro atoms. The van der Waals surface area contributed by atoms with Crippen LogP contribution in [0.4, 0.5) is 13.2 Å². The zero-order valence-electron chi connectivity index (χ0n) is 12.6. The Morgan fingerprint density at radius 2 is 2.04 bits per heavy atom. The Hall–Kier alpha value is -2.57. The molecule has 0 bridgehead atoms. The van der Waals surface area contributed by atoms with Crippen LogP contribution in [0.25, 0.3) is 28.0 Å². The number of halogens is 3. The van der Waals surface area contributed by atoms with Crippen LogP contribution in [-0.2, 0) is 6.54 Å². The van der Waals surface area contributed by atoms with E-state index in [0.717, 1.165) is 10.1 Å². The molecule has 0 radical (unpaired) electrons. The molecule has 2 aromatic heterocycles. The van der Waals surface area contributed by atoms with Crippen LogP contribution in [0.1, 0.15) is 11.4 Å². The Labute approximate surface area is 130 Å². The maximum absolute atomic E-state index is 13.0. The maximum atomic E-state index is 13.0. The van der Waals surface area contributed by atoms with Crippen LogP contribution < -0.4 is 4.74 Å². The highest BCUT2D eigenvalue weighted by Gasteiger charge is 2.31. The number of nitrogens with zero attached hydrogens (tertiary/aromatic N) is 3. The second-order valence-corrected chi connectivity index (χ2v) is 5.16. The second-order valence-electron chi connectivity index (χ2n) is 5.16. The van der Waals surface area contributed by atoms with Gasteiger partial charge >= 0.3 is 6.18 Å². The fourth-order valence-corrected chi connectivity index (χ4v) is 2.68. The van der Waals surface area contributed by atoms with Crippen LogP contribution in [0.2, 0.25) is 0 Å². The molecule has 2 heterocycles. The zero-order valence-corrected chi connectivity index (χ0v) is 12.6. The smallest absolute Gasteiger partial charge is 0.406 e. The number of alkyl halides is 3. The van der Waals surface area contributed by atoms with Crippen molar-refractivity contribution in [3.05, 3.63) is 36.2 Å². The predicted molar refractivity (Wildman–Crippen MR) is 82.5 cm³/mol. The van der Waals surface area contributed by atoms with Crippen LogP contribution in [0.5, 0.6) is 5.88 Å². The lowest BCUT2D eigenvalue weighted by Crippen LogP contribution is -2.17. The van der Waals surface area contributed by atoms with Crippen molar-refractivity contribution in [2.75, 3.05) is 7.11 Å². The lowest BCUT2D eigenvalue weighted by molar-refractivity contribution is -0.139. The Morgan fingerprint density at radius 1 is 1.30 bits per heavy atom. The van der Waals surface area contributed by atoms with E-state index < -0.39 is 12.7 Å². The molecule has 3 aromatic rings. The molecule has 0 fully saturated rings. The van der Waals surface area contributed by atoms with Gasteiger partial charge in [0.15, 0.2) is 0 Å². The maximum Gasteiger partial charge on any atom is 0.406 e. The average molecular weight is 321 g/mol. The quantitative estimate of drug-likeness (QED) is 0.729. The van der Waals surface area contributed by atoms with Crippen molar-refractivity contribution in [1.29, 1.82) is 0 Å². The molecule has 120 valence electrons. The molecule has 0 saturated carbocycles. The summed E-state index contributed by atoms with van der Waals surface area (Å²) in [5.41, 5.74) is 1.92. The summed E-state index contributed by atoms with van der Waals surface area (Å²) in [5, 5.41) is 0.616. The molecule has 0 atom stereocenters. The number of rotatable bonds is 3. The van der Waals surface area contributed by atoms with E-state index in [1.54, 1.807) is 31.2 Å². The second kappa shape index (κ2) is 5.26. The molecule has 0 aliphatic heterocycles. The van der Waals surface area contributed by atoms with E-state index in [0.29, 0.717) is 22.2 Å². The van der Waals surface area contributed by atoms with E-state index in [1.807, 2.05) is 0 Å². The molecule has 23 heavy (non-hydrogen) atoms. The van der Waals surface area contributed by atoms with Crippen molar-refractivity contribution >= 4 is 28.0 Å². The van der Waals surface area contributed by atoms with Crippen LogP contribution in [-0.4, -0.2) is 27.8 Å². The molecular formula is C16H14F3N3O. The Morgan fingerprint density at radius 3 is 2.65 bits per heavy atom. The van der Waals surface area contributed by atoms with Crippen LogP contribution in [0, 0.1) is 6.92 Å². The van der Waals surface area contributed by atoms with Gasteiger partial charge in [-0.2, -0.15) is 18.2 Å². The summed E-state index contributed by atoms with van der Waals surface area (Å²) >= 11 is 0. The minimum atomic E-state index is -4.37. The fraction of sp³-hybridized carbons (Fsp3) is 0.250. The van der Waals surface area contributed by atoms with Gasteiger partial charge in [-0.25, -0.2) is 4.98 Å². The van der Waals surface area contributed by atoms with E-state index in [4.69, 9.17) is 4.74 Å².